The van der Waals surface area contributed by atoms with E-state index in [4.69, 9.17) is 32.9 Å². The monoisotopic (exact) mass is 599 g/mol. The van der Waals surface area contributed by atoms with Gasteiger partial charge in [-0.3, -0.25) is 14.7 Å². The molecule has 0 saturated carbocycles. The van der Waals surface area contributed by atoms with Crippen molar-refractivity contribution in [2.75, 3.05) is 51.3 Å². The molecule has 2 aliphatic rings. The minimum absolute atomic E-state index is 0.0792. The van der Waals surface area contributed by atoms with Gasteiger partial charge in [0.05, 0.1) is 5.52 Å². The van der Waals surface area contributed by atoms with Crippen LogP contribution in [-0.4, -0.2) is 95.3 Å². The minimum Gasteiger partial charge on any atom is -0.462 e. The van der Waals surface area contributed by atoms with Gasteiger partial charge in [0.2, 0.25) is 12.5 Å². The van der Waals surface area contributed by atoms with Crippen LogP contribution in [0.15, 0.2) is 61.4 Å². The molecule has 2 saturated heterocycles. The molecule has 0 unspecified atom stereocenters. The molecular weight excluding hydrogens is 569 g/mol. The second-order valence-electron chi connectivity index (χ2n) is 11.0. The lowest BCUT2D eigenvalue weighted by atomic mass is 9.99. The summed E-state index contributed by atoms with van der Waals surface area (Å²) < 4.78 is 20.1. The molecule has 43 heavy (non-hydrogen) atoms. The number of nitrogens with zero attached hydrogens (tertiary/aromatic N) is 7. The first-order valence-electron chi connectivity index (χ1n) is 14.2. The summed E-state index contributed by atoms with van der Waals surface area (Å²) in [5.41, 5.74) is 2.43. The molecule has 4 aromatic rings. The summed E-state index contributed by atoms with van der Waals surface area (Å²) in [7, 11) is 1.89. The number of pyridine rings is 1. The largest absolute Gasteiger partial charge is 0.462 e. The van der Waals surface area contributed by atoms with Crippen LogP contribution in [0.5, 0.6) is 6.01 Å². The van der Waals surface area contributed by atoms with Gasteiger partial charge in [-0.1, -0.05) is 36.4 Å². The Bertz CT molecular complexity index is 1740. The molecule has 2 aliphatic heterocycles. The number of hydrogen-bond acceptors (Lipinski definition) is 7. The van der Waals surface area contributed by atoms with E-state index in [0.29, 0.717) is 49.0 Å². The number of likely N-dealkylation sites (tertiary alicyclic amines) is 1. The fourth-order valence-electron chi connectivity index (χ4n) is 6.07. The Morgan fingerprint density at radius 1 is 1.21 bits per heavy atom. The van der Waals surface area contributed by atoms with E-state index in [1.807, 2.05) is 48.3 Å². The molecule has 0 bridgehead atoms. The average molecular weight is 600 g/mol. The van der Waals surface area contributed by atoms with Gasteiger partial charge >= 0.3 is 6.01 Å². The van der Waals surface area contributed by atoms with E-state index in [0.717, 1.165) is 27.3 Å². The lowest BCUT2D eigenvalue weighted by Crippen LogP contribution is -2.56. The number of ether oxygens (including phenoxy) is 1. The molecule has 3 atom stereocenters. The van der Waals surface area contributed by atoms with Crippen molar-refractivity contribution in [3.05, 3.63) is 77.9 Å². The summed E-state index contributed by atoms with van der Waals surface area (Å²) >= 11 is 6.63. The number of likely N-dealkylation sites (N-methyl/N-ethyl adjacent to an activating group) is 1. The Kier molecular flexibility index (Phi) is 8.10. The third kappa shape index (κ3) is 5.70. The summed E-state index contributed by atoms with van der Waals surface area (Å²) in [5.74, 6) is 0.466. The third-order valence-electron chi connectivity index (χ3n) is 8.28. The molecule has 0 aliphatic carbocycles. The predicted octanol–water partition coefficient (Wildman–Crippen LogP) is 5.04. The first kappa shape index (κ1) is 28.8. The number of carbonyl (C=O) groups is 1. The maximum absolute atomic E-state index is 14.0. The fourth-order valence-corrected chi connectivity index (χ4v) is 6.35. The Labute approximate surface area is 254 Å². The number of piperazine rings is 1. The van der Waals surface area contributed by atoms with Crippen LogP contribution in [-0.2, 0) is 4.79 Å². The van der Waals surface area contributed by atoms with Gasteiger partial charge in [-0.05, 0) is 43.3 Å². The lowest BCUT2D eigenvalue weighted by Gasteiger charge is -2.39. The molecule has 9 nitrogen and oxygen atoms in total. The molecule has 6 rings (SSSR count). The quantitative estimate of drug-likeness (QED) is 0.217. The standard InChI is InChI=1S/C32H31ClFN7O2/c1-4-29(42)41-11-10-40(18-24(41)15-35-2)31-25-9-8-20(26-16-36-14-21-6-5-7-27(33)30(21)26)12-28(25)37-32(38-31)43-19-23-13-22(34)17-39(23)3/h4-9,12,14,16,22-24H,1,10-11,13,15,17-19H2,3H3/t22-,23+,24+/m1/s1. The average Bonchev–Trinajstić information content (AvgIpc) is 3.35. The van der Waals surface area contributed by atoms with Crippen molar-refractivity contribution < 1.29 is 13.9 Å². The van der Waals surface area contributed by atoms with Crippen molar-refractivity contribution in [1.82, 2.24) is 24.8 Å². The zero-order valence-corrected chi connectivity index (χ0v) is 24.5. The van der Waals surface area contributed by atoms with Crippen molar-refractivity contribution in [1.29, 1.82) is 0 Å². The summed E-state index contributed by atoms with van der Waals surface area (Å²) in [6.45, 7) is 13.2. The molecule has 0 spiro atoms. The number of halogens is 2. The van der Waals surface area contributed by atoms with Gasteiger partial charge in [-0.25, -0.2) is 11.0 Å². The molecule has 2 fully saturated rings. The highest BCUT2D eigenvalue weighted by atomic mass is 35.5. The Hall–Kier alpha value is -4.33. The Morgan fingerprint density at radius 2 is 2.07 bits per heavy atom. The lowest BCUT2D eigenvalue weighted by molar-refractivity contribution is -0.128. The Morgan fingerprint density at radius 3 is 2.84 bits per heavy atom. The number of benzene rings is 2. The van der Waals surface area contributed by atoms with Crippen LogP contribution in [0.3, 0.4) is 0 Å². The summed E-state index contributed by atoms with van der Waals surface area (Å²) in [6, 6.07) is 11.5. The number of fused-ring (bicyclic) bond motifs is 2. The smallest absolute Gasteiger partial charge is 0.319 e. The van der Waals surface area contributed by atoms with Gasteiger partial charge in [0.15, 0.2) is 0 Å². The minimum atomic E-state index is -0.885. The molecule has 0 N–H and O–H groups in total. The number of amides is 1. The molecule has 2 aromatic heterocycles. The van der Waals surface area contributed by atoms with Crippen LogP contribution < -0.4 is 9.64 Å². The predicted molar refractivity (Wildman–Crippen MR) is 166 cm³/mol. The highest BCUT2D eigenvalue weighted by Crippen LogP contribution is 2.36. The highest BCUT2D eigenvalue weighted by molar-refractivity contribution is 6.36. The van der Waals surface area contributed by atoms with Gasteiger partial charge < -0.3 is 19.4 Å². The molecule has 11 heteroatoms. The third-order valence-corrected chi connectivity index (χ3v) is 8.60. The van der Waals surface area contributed by atoms with Gasteiger partial charge in [0.1, 0.15) is 24.6 Å². The van der Waals surface area contributed by atoms with Crippen LogP contribution in [0.2, 0.25) is 5.02 Å². The van der Waals surface area contributed by atoms with E-state index in [1.165, 1.54) is 6.08 Å². The molecule has 1 amide bonds. The van der Waals surface area contributed by atoms with Gasteiger partial charge in [-0.15, -0.1) is 0 Å². The van der Waals surface area contributed by atoms with Gasteiger partial charge in [0.25, 0.3) is 0 Å². The normalized spacial score (nSPS) is 20.8. The van der Waals surface area contributed by atoms with E-state index in [2.05, 4.69) is 21.3 Å². The van der Waals surface area contributed by atoms with Crippen molar-refractivity contribution in [2.45, 2.75) is 24.7 Å². The number of alkyl halides is 1. The first-order chi connectivity index (χ1) is 20.9. The second-order valence-corrected chi connectivity index (χ2v) is 11.4. The molecule has 0 radical (unpaired) electrons. The van der Waals surface area contributed by atoms with E-state index >= 15 is 0 Å². The second kappa shape index (κ2) is 12.1. The Balaban J connectivity index is 1.41. The number of aromatic nitrogens is 3. The van der Waals surface area contributed by atoms with Crippen LogP contribution in [0, 0.1) is 6.57 Å². The number of anilines is 1. The van der Waals surface area contributed by atoms with E-state index < -0.39 is 6.17 Å². The fraction of sp³-hybridized carbons (Fsp3) is 0.344. The maximum atomic E-state index is 14.0. The van der Waals surface area contributed by atoms with Crippen LogP contribution >= 0.6 is 11.6 Å². The zero-order valence-electron chi connectivity index (χ0n) is 23.8. The number of hydrogen-bond donors (Lipinski definition) is 0. The number of rotatable bonds is 7. The van der Waals surface area contributed by atoms with Crippen LogP contribution in [0.1, 0.15) is 6.42 Å². The maximum Gasteiger partial charge on any atom is 0.319 e. The van der Waals surface area contributed by atoms with Gasteiger partial charge in [-0.2, -0.15) is 9.97 Å². The molecule has 220 valence electrons. The van der Waals surface area contributed by atoms with Crippen LogP contribution in [0.25, 0.3) is 37.6 Å². The molecular formula is C32H31ClFN7O2. The van der Waals surface area contributed by atoms with Gasteiger partial charge in [0, 0.05) is 71.4 Å². The summed E-state index contributed by atoms with van der Waals surface area (Å²) in [4.78, 5) is 35.9. The SMILES string of the molecule is [C-]#[N+]C[C@H]1CN(c2nc(OC[C@@H]3C[C@@H](F)CN3C)nc3cc(-c4cncc5cccc(Cl)c45)ccc23)CCN1C(=O)C=C. The van der Waals surface area contributed by atoms with Crippen LogP contribution in [0.4, 0.5) is 10.2 Å². The first-order valence-corrected chi connectivity index (χ1v) is 14.6. The van der Waals surface area contributed by atoms with E-state index in [1.54, 1.807) is 17.3 Å². The molecule has 4 heterocycles. The summed E-state index contributed by atoms with van der Waals surface area (Å²) in [6.07, 6.45) is 4.38. The van der Waals surface area contributed by atoms with Crippen molar-refractivity contribution in [3.8, 4) is 17.1 Å². The topological polar surface area (TPSA) is 79.1 Å². The van der Waals surface area contributed by atoms with Crippen molar-refractivity contribution >= 4 is 45.0 Å². The highest BCUT2D eigenvalue weighted by Gasteiger charge is 2.34. The zero-order chi connectivity index (χ0) is 30.1. The van der Waals surface area contributed by atoms with Crippen molar-refractivity contribution in [2.24, 2.45) is 0 Å². The molecule has 2 aromatic carbocycles. The van der Waals surface area contributed by atoms with E-state index in [-0.39, 0.29) is 37.2 Å². The van der Waals surface area contributed by atoms with Crippen molar-refractivity contribution in [3.63, 3.8) is 0 Å². The van der Waals surface area contributed by atoms with E-state index in [9.17, 15) is 9.18 Å². The summed E-state index contributed by atoms with van der Waals surface area (Å²) in [5, 5.41) is 3.27. The number of carbonyl (C=O) groups excluding carboxylic acids is 1.